The Hall–Kier alpha value is -1.64. The van der Waals surface area contributed by atoms with Gasteiger partial charge in [0.15, 0.2) is 0 Å². The number of ether oxygens (including phenoxy) is 3. The van der Waals surface area contributed by atoms with Gasteiger partial charge >= 0.3 is 0 Å². The van der Waals surface area contributed by atoms with Gasteiger partial charge in [0.25, 0.3) is 0 Å². The molecular formula is C11H14O3. The fraction of sp³-hybridized carbons (Fsp3) is 0.273. The first-order chi connectivity index (χ1) is 6.74. The van der Waals surface area contributed by atoms with Crippen LogP contribution in [0, 0.1) is 0 Å². The maximum Gasteiger partial charge on any atom is 0.130 e. The first-order valence-electron chi connectivity index (χ1n) is 4.17. The molecule has 0 aromatic heterocycles. The molecule has 0 saturated carbocycles. The van der Waals surface area contributed by atoms with Crippen LogP contribution in [0.4, 0.5) is 0 Å². The lowest BCUT2D eigenvalue weighted by molar-refractivity contribution is 0.378. The number of methoxy groups -OCH3 is 3. The Morgan fingerprint density at radius 2 is 1.64 bits per heavy atom. The Kier molecular flexibility index (Phi) is 3.40. The normalized spacial score (nSPS) is 11.2. The van der Waals surface area contributed by atoms with Gasteiger partial charge < -0.3 is 14.2 Å². The zero-order chi connectivity index (χ0) is 10.6. The van der Waals surface area contributed by atoms with E-state index < -0.39 is 0 Å². The van der Waals surface area contributed by atoms with Gasteiger partial charge in [0.2, 0.25) is 0 Å². The number of hydrogen-bond donors (Lipinski definition) is 0. The molecule has 0 spiro atoms. The van der Waals surface area contributed by atoms with Gasteiger partial charge in [0.1, 0.15) is 11.5 Å². The highest BCUT2D eigenvalue weighted by Gasteiger charge is 2.00. The van der Waals surface area contributed by atoms with E-state index in [1.807, 2.05) is 12.1 Å². The van der Waals surface area contributed by atoms with E-state index in [4.69, 9.17) is 14.2 Å². The van der Waals surface area contributed by atoms with Gasteiger partial charge in [-0.25, -0.2) is 0 Å². The van der Waals surface area contributed by atoms with Crippen LogP contribution in [0.1, 0.15) is 0 Å². The molecular weight excluding hydrogens is 180 g/mol. The van der Waals surface area contributed by atoms with Crippen molar-refractivity contribution in [1.82, 2.24) is 0 Å². The molecule has 1 aromatic rings. The van der Waals surface area contributed by atoms with E-state index in [9.17, 15) is 0 Å². The minimum absolute atomic E-state index is 0.717. The van der Waals surface area contributed by atoms with E-state index in [1.165, 1.54) is 0 Å². The Bertz CT molecular complexity index is 409. The van der Waals surface area contributed by atoms with Crippen molar-refractivity contribution in [2.45, 2.75) is 0 Å². The molecule has 0 atom stereocenters. The summed E-state index contributed by atoms with van der Waals surface area (Å²) in [5.74, 6) is 1.44. The molecule has 0 amide bonds. The Morgan fingerprint density at radius 3 is 2.14 bits per heavy atom. The summed E-state index contributed by atoms with van der Waals surface area (Å²) >= 11 is 0. The summed E-state index contributed by atoms with van der Waals surface area (Å²) < 4.78 is 15.3. The lowest BCUT2D eigenvalue weighted by atomic mass is 10.2. The maximum absolute atomic E-state index is 5.17. The number of hydrogen-bond acceptors (Lipinski definition) is 3. The van der Waals surface area contributed by atoms with Gasteiger partial charge in [-0.3, -0.25) is 0 Å². The van der Waals surface area contributed by atoms with E-state index in [0.29, 0.717) is 5.75 Å². The molecule has 0 radical (unpaired) electrons. The van der Waals surface area contributed by atoms with E-state index in [-0.39, 0.29) is 0 Å². The summed E-state index contributed by atoms with van der Waals surface area (Å²) in [6.07, 6.45) is 1.59. The molecule has 1 aromatic carbocycles. The van der Waals surface area contributed by atoms with Gasteiger partial charge in [-0.1, -0.05) is 6.58 Å². The highest BCUT2D eigenvalue weighted by atomic mass is 16.5. The lowest BCUT2D eigenvalue weighted by Crippen LogP contribution is -2.26. The van der Waals surface area contributed by atoms with Crippen molar-refractivity contribution >= 4 is 12.8 Å². The van der Waals surface area contributed by atoms with Gasteiger partial charge in [-0.15, -0.1) is 0 Å². The summed E-state index contributed by atoms with van der Waals surface area (Å²) in [5.41, 5.74) is 0. The van der Waals surface area contributed by atoms with E-state index in [1.54, 1.807) is 27.6 Å². The molecule has 0 N–H and O–H groups in total. The van der Waals surface area contributed by atoms with Crippen LogP contribution in [-0.2, 0) is 4.74 Å². The predicted molar refractivity (Wildman–Crippen MR) is 55.8 cm³/mol. The highest BCUT2D eigenvalue weighted by Crippen LogP contribution is 2.06. The maximum atomic E-state index is 5.17. The second kappa shape index (κ2) is 4.56. The molecule has 0 unspecified atom stereocenters. The van der Waals surface area contributed by atoms with Crippen molar-refractivity contribution in [2.24, 2.45) is 0 Å². The first-order valence-corrected chi connectivity index (χ1v) is 4.17. The van der Waals surface area contributed by atoms with Crippen LogP contribution < -0.4 is 19.9 Å². The zero-order valence-corrected chi connectivity index (χ0v) is 8.66. The third kappa shape index (κ3) is 1.82. The van der Waals surface area contributed by atoms with E-state index >= 15 is 0 Å². The zero-order valence-electron chi connectivity index (χ0n) is 8.66. The van der Waals surface area contributed by atoms with E-state index in [0.717, 1.165) is 16.2 Å². The quantitative estimate of drug-likeness (QED) is 0.701. The molecule has 0 fully saturated rings. The minimum atomic E-state index is 0.717. The molecule has 3 nitrogen and oxygen atoms in total. The first kappa shape index (κ1) is 10.4. The van der Waals surface area contributed by atoms with Crippen LogP contribution in [0.15, 0.2) is 12.1 Å². The van der Waals surface area contributed by atoms with Crippen LogP contribution >= 0.6 is 0 Å². The van der Waals surface area contributed by atoms with Crippen LogP contribution in [0.25, 0.3) is 12.8 Å². The van der Waals surface area contributed by atoms with Gasteiger partial charge in [0.05, 0.1) is 32.8 Å². The van der Waals surface area contributed by atoms with Crippen molar-refractivity contribution in [3.63, 3.8) is 0 Å². The van der Waals surface area contributed by atoms with Gasteiger partial charge in [0, 0.05) is 5.22 Å². The molecule has 0 bridgehead atoms. The molecule has 76 valence electrons. The fourth-order valence-corrected chi connectivity index (χ4v) is 1.24. The van der Waals surface area contributed by atoms with Gasteiger partial charge in [-0.2, -0.15) is 0 Å². The summed E-state index contributed by atoms with van der Waals surface area (Å²) in [4.78, 5) is 0. The summed E-state index contributed by atoms with van der Waals surface area (Å²) in [6.45, 7) is 3.90. The molecule has 14 heavy (non-hydrogen) atoms. The Balaban J connectivity index is 3.48. The largest absolute Gasteiger partial charge is 0.504 e. The van der Waals surface area contributed by atoms with Crippen molar-refractivity contribution in [3.8, 4) is 11.5 Å². The monoisotopic (exact) mass is 194 g/mol. The van der Waals surface area contributed by atoms with Crippen molar-refractivity contribution in [2.75, 3.05) is 21.3 Å². The topological polar surface area (TPSA) is 27.7 Å². The number of rotatable bonds is 3. The Morgan fingerprint density at radius 1 is 1.07 bits per heavy atom. The van der Waals surface area contributed by atoms with Gasteiger partial charge in [-0.05, 0) is 12.1 Å². The molecule has 0 aliphatic rings. The summed E-state index contributed by atoms with van der Waals surface area (Å²) in [6, 6.07) is 3.63. The average molecular weight is 194 g/mol. The lowest BCUT2D eigenvalue weighted by Gasteiger charge is -2.05. The SMILES string of the molecule is C=c1c(OC)ccc(OC)/c1=C\OC. The molecule has 0 heterocycles. The van der Waals surface area contributed by atoms with Crippen LogP contribution in [0.3, 0.4) is 0 Å². The van der Waals surface area contributed by atoms with Crippen LogP contribution in [0.5, 0.6) is 11.5 Å². The standard InChI is InChI=1S/C11H14O3/c1-8-9(7-12-2)11(14-4)6-5-10(8)13-3/h5-7H,1H2,2-4H3/b9-7-. The fourth-order valence-electron chi connectivity index (χ4n) is 1.24. The molecule has 3 heteroatoms. The molecule has 0 saturated heterocycles. The molecule has 0 aliphatic carbocycles. The molecule has 1 rings (SSSR count). The molecule has 0 aliphatic heterocycles. The number of benzene rings is 1. The average Bonchev–Trinajstić information content (AvgIpc) is 2.21. The highest BCUT2D eigenvalue weighted by molar-refractivity contribution is 5.40. The predicted octanol–water partition coefficient (Wildman–Crippen LogP) is 0.498. The third-order valence-electron chi connectivity index (χ3n) is 1.95. The van der Waals surface area contributed by atoms with Crippen LogP contribution in [-0.4, -0.2) is 21.3 Å². The van der Waals surface area contributed by atoms with Crippen LogP contribution in [0.2, 0.25) is 0 Å². The minimum Gasteiger partial charge on any atom is -0.504 e. The van der Waals surface area contributed by atoms with Crippen molar-refractivity contribution in [1.29, 1.82) is 0 Å². The summed E-state index contributed by atoms with van der Waals surface area (Å²) in [5, 5.41) is 1.56. The van der Waals surface area contributed by atoms with E-state index in [2.05, 4.69) is 6.58 Å². The second-order valence-electron chi connectivity index (χ2n) is 2.72. The summed E-state index contributed by atoms with van der Waals surface area (Å²) in [7, 11) is 4.79. The van der Waals surface area contributed by atoms with Crippen molar-refractivity contribution in [3.05, 3.63) is 22.6 Å². The Labute approximate surface area is 83.2 Å². The van der Waals surface area contributed by atoms with Crippen molar-refractivity contribution < 1.29 is 14.2 Å². The second-order valence-corrected chi connectivity index (χ2v) is 2.72. The smallest absolute Gasteiger partial charge is 0.130 e. The third-order valence-corrected chi connectivity index (χ3v) is 1.95.